The van der Waals surface area contributed by atoms with Gasteiger partial charge >= 0.3 is 5.97 Å². The number of thioether (sulfide) groups is 1. The van der Waals surface area contributed by atoms with Crippen molar-refractivity contribution in [2.24, 2.45) is 0 Å². The summed E-state index contributed by atoms with van der Waals surface area (Å²) < 4.78 is 5.26. The third kappa shape index (κ3) is 2.84. The fourth-order valence-corrected chi connectivity index (χ4v) is 2.21. The van der Waals surface area contributed by atoms with Gasteiger partial charge in [0, 0.05) is 16.7 Å². The van der Waals surface area contributed by atoms with Crippen LogP contribution in [0.25, 0.3) is 0 Å². The van der Waals surface area contributed by atoms with Gasteiger partial charge in [-0.05, 0) is 25.1 Å². The van der Waals surface area contributed by atoms with Crippen molar-refractivity contribution < 1.29 is 14.3 Å². The maximum absolute atomic E-state index is 10.8. The molecule has 0 radical (unpaired) electrons. The van der Waals surface area contributed by atoms with E-state index in [1.165, 1.54) is 11.8 Å². The highest BCUT2D eigenvalue weighted by Gasteiger charge is 2.14. The number of aromatic carboxylic acids is 1. The van der Waals surface area contributed by atoms with Crippen molar-refractivity contribution in [3.05, 3.63) is 41.5 Å². The second-order valence-electron chi connectivity index (χ2n) is 3.74. The standard InChI is InChI=1S/C12H12N2O3S/c1-7-4-8(17-11(7)12(15)16)6-18-9-2-3-10(13)14-5-9/h2-5H,6H2,1H3,(H2,13,14)(H,15,16). The van der Waals surface area contributed by atoms with Crippen LogP contribution in [0.1, 0.15) is 21.9 Å². The van der Waals surface area contributed by atoms with Gasteiger partial charge in [0.05, 0.1) is 5.75 Å². The van der Waals surface area contributed by atoms with Gasteiger partial charge in [0.1, 0.15) is 11.6 Å². The molecule has 0 unspecified atom stereocenters. The summed E-state index contributed by atoms with van der Waals surface area (Å²) in [6, 6.07) is 5.32. The minimum absolute atomic E-state index is 0.000955. The van der Waals surface area contributed by atoms with E-state index in [1.807, 2.05) is 6.07 Å². The number of rotatable bonds is 4. The molecule has 2 rings (SSSR count). The highest BCUT2D eigenvalue weighted by molar-refractivity contribution is 7.98. The summed E-state index contributed by atoms with van der Waals surface area (Å²) >= 11 is 1.51. The van der Waals surface area contributed by atoms with Crippen molar-refractivity contribution in [3.63, 3.8) is 0 Å². The molecule has 0 fully saturated rings. The number of nitrogen functional groups attached to an aromatic ring is 1. The molecular weight excluding hydrogens is 252 g/mol. The minimum atomic E-state index is -1.04. The number of hydrogen-bond acceptors (Lipinski definition) is 5. The van der Waals surface area contributed by atoms with E-state index in [-0.39, 0.29) is 5.76 Å². The van der Waals surface area contributed by atoms with Crippen LogP contribution in [0.15, 0.2) is 33.7 Å². The van der Waals surface area contributed by atoms with Gasteiger partial charge in [-0.2, -0.15) is 0 Å². The number of nitrogens with zero attached hydrogens (tertiary/aromatic N) is 1. The molecule has 0 aliphatic heterocycles. The summed E-state index contributed by atoms with van der Waals surface area (Å²) in [5.41, 5.74) is 6.12. The molecule has 2 aromatic heterocycles. The number of carbonyl (C=O) groups is 1. The van der Waals surface area contributed by atoms with E-state index >= 15 is 0 Å². The van der Waals surface area contributed by atoms with Gasteiger partial charge in [-0.3, -0.25) is 0 Å². The molecule has 0 atom stereocenters. The highest BCUT2D eigenvalue weighted by Crippen LogP contribution is 2.25. The van der Waals surface area contributed by atoms with Crippen LogP contribution in [0.4, 0.5) is 5.82 Å². The van der Waals surface area contributed by atoms with E-state index in [2.05, 4.69) is 4.98 Å². The Bertz CT molecular complexity index is 563. The van der Waals surface area contributed by atoms with Gasteiger partial charge in [0.25, 0.3) is 0 Å². The lowest BCUT2D eigenvalue weighted by atomic mass is 10.3. The number of anilines is 1. The first-order chi connectivity index (χ1) is 8.56. The van der Waals surface area contributed by atoms with Crippen molar-refractivity contribution in [1.82, 2.24) is 4.98 Å². The van der Waals surface area contributed by atoms with E-state index in [1.54, 1.807) is 25.3 Å². The number of nitrogens with two attached hydrogens (primary N) is 1. The molecule has 2 aromatic rings. The Morgan fingerprint density at radius 3 is 2.89 bits per heavy atom. The van der Waals surface area contributed by atoms with E-state index in [4.69, 9.17) is 15.3 Å². The molecule has 0 amide bonds. The molecule has 3 N–H and O–H groups in total. The van der Waals surface area contributed by atoms with Gasteiger partial charge in [0.2, 0.25) is 5.76 Å². The largest absolute Gasteiger partial charge is 0.475 e. The van der Waals surface area contributed by atoms with Crippen molar-refractivity contribution in [2.75, 3.05) is 5.73 Å². The van der Waals surface area contributed by atoms with E-state index in [9.17, 15) is 4.79 Å². The Morgan fingerprint density at radius 1 is 1.56 bits per heavy atom. The predicted molar refractivity (Wildman–Crippen MR) is 68.6 cm³/mol. The number of pyridine rings is 1. The van der Waals surface area contributed by atoms with Gasteiger partial charge in [0.15, 0.2) is 0 Å². The van der Waals surface area contributed by atoms with Crippen LogP contribution in [-0.4, -0.2) is 16.1 Å². The number of carboxylic acid groups (broad SMARTS) is 1. The zero-order chi connectivity index (χ0) is 13.1. The van der Waals surface area contributed by atoms with E-state index in [0.29, 0.717) is 22.9 Å². The second kappa shape index (κ2) is 5.14. The van der Waals surface area contributed by atoms with E-state index < -0.39 is 5.97 Å². The second-order valence-corrected chi connectivity index (χ2v) is 4.79. The molecule has 0 saturated heterocycles. The first-order valence-electron chi connectivity index (χ1n) is 5.23. The average molecular weight is 264 g/mol. The summed E-state index contributed by atoms with van der Waals surface area (Å²) in [7, 11) is 0. The molecule has 5 nitrogen and oxygen atoms in total. The van der Waals surface area contributed by atoms with Gasteiger partial charge < -0.3 is 15.3 Å². The van der Waals surface area contributed by atoms with Gasteiger partial charge in [-0.25, -0.2) is 9.78 Å². The molecule has 0 aliphatic rings. The molecule has 18 heavy (non-hydrogen) atoms. The zero-order valence-corrected chi connectivity index (χ0v) is 10.5. The molecule has 0 spiro atoms. The Kier molecular flexibility index (Phi) is 3.57. The van der Waals surface area contributed by atoms with Crippen LogP contribution < -0.4 is 5.73 Å². The number of aryl methyl sites for hydroxylation is 1. The van der Waals surface area contributed by atoms with Crippen molar-refractivity contribution in [2.45, 2.75) is 17.6 Å². The van der Waals surface area contributed by atoms with Crippen LogP contribution >= 0.6 is 11.8 Å². The van der Waals surface area contributed by atoms with Crippen LogP contribution in [0.5, 0.6) is 0 Å². The summed E-state index contributed by atoms with van der Waals surface area (Å²) in [5, 5.41) is 8.87. The predicted octanol–water partition coefficient (Wildman–Crippen LogP) is 2.56. The fraction of sp³-hybridized carbons (Fsp3) is 0.167. The minimum Gasteiger partial charge on any atom is -0.475 e. The zero-order valence-electron chi connectivity index (χ0n) is 9.71. The summed E-state index contributed by atoms with van der Waals surface area (Å²) in [6.45, 7) is 1.71. The number of aromatic nitrogens is 1. The van der Waals surface area contributed by atoms with Crippen molar-refractivity contribution in [3.8, 4) is 0 Å². The Hall–Kier alpha value is -1.95. The fourth-order valence-electron chi connectivity index (χ4n) is 1.46. The molecule has 2 heterocycles. The summed E-state index contributed by atoms with van der Waals surface area (Å²) in [4.78, 5) is 15.8. The highest BCUT2D eigenvalue weighted by atomic mass is 32.2. The van der Waals surface area contributed by atoms with Crippen molar-refractivity contribution in [1.29, 1.82) is 0 Å². The SMILES string of the molecule is Cc1cc(CSc2ccc(N)nc2)oc1C(=O)O. The lowest BCUT2D eigenvalue weighted by Crippen LogP contribution is -1.94. The van der Waals surface area contributed by atoms with Gasteiger partial charge in [-0.1, -0.05) is 0 Å². The van der Waals surface area contributed by atoms with E-state index in [0.717, 1.165) is 4.90 Å². The Morgan fingerprint density at radius 2 is 2.33 bits per heavy atom. The average Bonchev–Trinajstić information content (AvgIpc) is 2.70. The number of furan rings is 1. The Balaban J connectivity index is 2.04. The van der Waals surface area contributed by atoms with Crippen LogP contribution in [0.3, 0.4) is 0 Å². The molecule has 0 aliphatic carbocycles. The quantitative estimate of drug-likeness (QED) is 0.825. The molecule has 94 valence electrons. The maximum atomic E-state index is 10.8. The third-order valence-corrected chi connectivity index (χ3v) is 3.31. The molecule has 6 heteroatoms. The topological polar surface area (TPSA) is 89.4 Å². The molecule has 0 aromatic carbocycles. The number of hydrogen-bond donors (Lipinski definition) is 2. The Labute approximate surface area is 108 Å². The normalized spacial score (nSPS) is 10.5. The monoisotopic (exact) mass is 264 g/mol. The van der Waals surface area contributed by atoms with Crippen LogP contribution in [0.2, 0.25) is 0 Å². The number of carboxylic acids is 1. The first kappa shape index (κ1) is 12.5. The van der Waals surface area contributed by atoms with Crippen molar-refractivity contribution >= 4 is 23.5 Å². The maximum Gasteiger partial charge on any atom is 0.372 e. The molecular formula is C12H12N2O3S. The summed E-state index contributed by atoms with van der Waals surface area (Å²) in [6.07, 6.45) is 1.67. The molecule has 0 saturated carbocycles. The van der Waals surface area contributed by atoms with Crippen LogP contribution in [0, 0.1) is 6.92 Å². The first-order valence-corrected chi connectivity index (χ1v) is 6.22. The lowest BCUT2D eigenvalue weighted by molar-refractivity contribution is 0.0659. The smallest absolute Gasteiger partial charge is 0.372 e. The summed E-state index contributed by atoms with van der Waals surface area (Å²) in [5.74, 6) is 0.617. The van der Waals surface area contributed by atoms with Gasteiger partial charge in [-0.15, -0.1) is 11.8 Å². The van der Waals surface area contributed by atoms with Crippen LogP contribution in [-0.2, 0) is 5.75 Å². The lowest BCUT2D eigenvalue weighted by Gasteiger charge is -1.99. The third-order valence-electron chi connectivity index (χ3n) is 2.30. The molecule has 0 bridgehead atoms.